The summed E-state index contributed by atoms with van der Waals surface area (Å²) in [5, 5.41) is 54.8. The molecule has 0 aliphatic carbocycles. The second-order valence-electron chi connectivity index (χ2n) is 21.8. The topological polar surface area (TPSA) is 149 Å². The van der Waals surface area contributed by atoms with E-state index in [0.717, 1.165) is 77.0 Å². The Bertz CT molecular complexity index is 1410. The molecule has 6 N–H and O–H groups in total. The summed E-state index contributed by atoms with van der Waals surface area (Å²) >= 11 is 0. The molecule has 0 aromatic rings. The molecular formula is C66H119NO8. The molecule has 0 aromatic heterocycles. The highest BCUT2D eigenvalue weighted by molar-refractivity contribution is 5.76. The van der Waals surface area contributed by atoms with Crippen LogP contribution >= 0.6 is 0 Å². The summed E-state index contributed by atoms with van der Waals surface area (Å²) in [6.07, 6.45) is 69.3. The van der Waals surface area contributed by atoms with Gasteiger partial charge >= 0.3 is 0 Å². The number of carbonyl (C=O) groups excluding carboxylic acids is 1. The SMILES string of the molecule is CC/C=C\C/C=C\C/C=C\C/C=C\C/C=C\C/C=C\CCCCCCCCCCCCCCC(=O)NC(COC1OC(CO)C(O)C(O)C1O)C(O)CCCCCCCCCCCCCCCCCCCCCCC. The molecule has 75 heavy (non-hydrogen) atoms. The van der Waals surface area contributed by atoms with Crippen molar-refractivity contribution in [3.63, 3.8) is 0 Å². The van der Waals surface area contributed by atoms with Gasteiger partial charge in [0.25, 0.3) is 0 Å². The molecule has 7 atom stereocenters. The first-order valence-corrected chi connectivity index (χ1v) is 31.6. The van der Waals surface area contributed by atoms with Crippen LogP contribution in [-0.2, 0) is 14.3 Å². The molecule has 7 unspecified atom stereocenters. The highest BCUT2D eigenvalue weighted by Crippen LogP contribution is 2.23. The van der Waals surface area contributed by atoms with Gasteiger partial charge in [-0.25, -0.2) is 0 Å². The van der Waals surface area contributed by atoms with E-state index in [1.54, 1.807) is 0 Å². The molecule has 1 fully saturated rings. The average Bonchev–Trinajstić information content (AvgIpc) is 3.41. The Morgan fingerprint density at radius 1 is 0.467 bits per heavy atom. The fourth-order valence-electron chi connectivity index (χ4n) is 9.87. The highest BCUT2D eigenvalue weighted by Gasteiger charge is 2.44. The number of ether oxygens (including phenoxy) is 2. The first kappa shape index (κ1) is 70.6. The molecular weight excluding hydrogens is 935 g/mol. The molecule has 1 aliphatic heterocycles. The van der Waals surface area contributed by atoms with Crippen molar-refractivity contribution in [3.8, 4) is 0 Å². The number of aliphatic hydroxyl groups is 5. The number of nitrogens with one attached hydrogen (secondary N) is 1. The van der Waals surface area contributed by atoms with Gasteiger partial charge in [0.1, 0.15) is 24.4 Å². The van der Waals surface area contributed by atoms with Crippen LogP contribution < -0.4 is 5.32 Å². The summed E-state index contributed by atoms with van der Waals surface area (Å²) in [5.41, 5.74) is 0. The number of hydrogen-bond acceptors (Lipinski definition) is 8. The largest absolute Gasteiger partial charge is 0.394 e. The van der Waals surface area contributed by atoms with E-state index in [2.05, 4.69) is 92.1 Å². The van der Waals surface area contributed by atoms with Gasteiger partial charge in [-0.05, 0) is 64.2 Å². The van der Waals surface area contributed by atoms with Gasteiger partial charge in [-0.2, -0.15) is 0 Å². The number of amides is 1. The van der Waals surface area contributed by atoms with Crippen LogP contribution in [0.5, 0.6) is 0 Å². The zero-order valence-corrected chi connectivity index (χ0v) is 48.5. The normalized spacial score (nSPS) is 19.4. The number of carbonyl (C=O) groups is 1. The van der Waals surface area contributed by atoms with E-state index in [-0.39, 0.29) is 12.5 Å². The van der Waals surface area contributed by atoms with Crippen LogP contribution in [-0.4, -0.2) is 87.5 Å². The van der Waals surface area contributed by atoms with Gasteiger partial charge in [0, 0.05) is 6.42 Å². The van der Waals surface area contributed by atoms with Crippen molar-refractivity contribution >= 4 is 5.91 Å². The predicted molar refractivity (Wildman–Crippen MR) is 318 cm³/mol. The Labute approximate surface area is 461 Å². The van der Waals surface area contributed by atoms with Crippen molar-refractivity contribution in [1.29, 1.82) is 0 Å². The third-order valence-corrected chi connectivity index (χ3v) is 14.8. The zero-order chi connectivity index (χ0) is 54.3. The van der Waals surface area contributed by atoms with E-state index in [9.17, 15) is 30.3 Å². The van der Waals surface area contributed by atoms with Crippen LogP contribution in [0, 0.1) is 0 Å². The van der Waals surface area contributed by atoms with E-state index in [1.165, 1.54) is 180 Å². The maximum atomic E-state index is 13.1. The molecule has 0 saturated carbocycles. The van der Waals surface area contributed by atoms with Crippen molar-refractivity contribution in [3.05, 3.63) is 72.9 Å². The maximum absolute atomic E-state index is 13.1. The summed E-state index contributed by atoms with van der Waals surface area (Å²) in [4.78, 5) is 13.1. The van der Waals surface area contributed by atoms with E-state index < -0.39 is 49.5 Å². The molecule has 1 saturated heterocycles. The second kappa shape index (κ2) is 55.0. The summed E-state index contributed by atoms with van der Waals surface area (Å²) in [5.74, 6) is -0.146. The fraction of sp³-hybridized carbons (Fsp3) is 0.803. The number of hydrogen-bond donors (Lipinski definition) is 6. The summed E-state index contributed by atoms with van der Waals surface area (Å²) in [6, 6.07) is -0.724. The first-order valence-electron chi connectivity index (χ1n) is 31.6. The second-order valence-corrected chi connectivity index (χ2v) is 21.8. The van der Waals surface area contributed by atoms with Crippen molar-refractivity contribution in [2.45, 2.75) is 326 Å². The highest BCUT2D eigenvalue weighted by atomic mass is 16.7. The molecule has 1 rings (SSSR count). The Hall–Kier alpha value is -2.37. The lowest BCUT2D eigenvalue weighted by Crippen LogP contribution is -2.60. The average molecular weight is 1050 g/mol. The third-order valence-electron chi connectivity index (χ3n) is 14.8. The number of allylic oxidation sites excluding steroid dienone is 12. The summed E-state index contributed by atoms with van der Waals surface area (Å²) in [6.45, 7) is 3.75. The predicted octanol–water partition coefficient (Wildman–Crippen LogP) is 16.4. The quantitative estimate of drug-likeness (QED) is 0.0261. The lowest BCUT2D eigenvalue weighted by molar-refractivity contribution is -0.302. The molecule has 0 aromatic carbocycles. The van der Waals surface area contributed by atoms with Gasteiger partial charge in [0.15, 0.2) is 6.29 Å². The molecule has 9 heteroatoms. The number of rotatable bonds is 54. The Morgan fingerprint density at radius 2 is 0.827 bits per heavy atom. The van der Waals surface area contributed by atoms with Gasteiger partial charge in [-0.3, -0.25) is 4.79 Å². The fourth-order valence-corrected chi connectivity index (χ4v) is 9.87. The van der Waals surface area contributed by atoms with Gasteiger partial charge in [-0.15, -0.1) is 0 Å². The molecule has 1 aliphatic rings. The Kier molecular flexibility index (Phi) is 51.8. The Balaban J connectivity index is 2.16. The summed E-state index contributed by atoms with van der Waals surface area (Å²) in [7, 11) is 0. The van der Waals surface area contributed by atoms with Crippen LogP contribution in [0.4, 0.5) is 0 Å². The zero-order valence-electron chi connectivity index (χ0n) is 48.5. The number of unbranched alkanes of at least 4 members (excludes halogenated alkanes) is 32. The summed E-state index contributed by atoms with van der Waals surface area (Å²) < 4.78 is 11.3. The van der Waals surface area contributed by atoms with Gasteiger partial charge in [0.2, 0.25) is 5.91 Å². The lowest BCUT2D eigenvalue weighted by atomic mass is 9.99. The molecule has 436 valence electrons. The number of aliphatic hydroxyl groups excluding tert-OH is 5. The van der Waals surface area contributed by atoms with Crippen LogP contribution in [0.1, 0.15) is 284 Å². The van der Waals surface area contributed by atoms with Gasteiger partial charge < -0.3 is 40.3 Å². The third kappa shape index (κ3) is 44.2. The van der Waals surface area contributed by atoms with E-state index in [4.69, 9.17) is 9.47 Å². The van der Waals surface area contributed by atoms with Gasteiger partial charge in [0.05, 0.1) is 25.4 Å². The smallest absolute Gasteiger partial charge is 0.220 e. The van der Waals surface area contributed by atoms with Crippen molar-refractivity contribution < 1.29 is 39.8 Å². The van der Waals surface area contributed by atoms with E-state index >= 15 is 0 Å². The maximum Gasteiger partial charge on any atom is 0.220 e. The standard InChI is InChI=1S/C66H119NO8/c1-3-5-7-9-11-13-15-17-19-21-23-25-26-27-28-29-30-31-32-33-34-36-38-40-42-44-46-48-50-52-54-56-62(70)67-59(58-74-66-65(73)64(72)63(71)61(57-68)75-66)60(69)55-53-51-49-47-45-43-41-39-37-35-24-22-20-18-16-14-12-10-8-6-4-2/h5,7,11,13,17,19,23,25,27-28,30-31,59-61,63-66,68-69,71-73H,3-4,6,8-10,12,14-16,18,20-22,24,26,29,32-58H2,1-2H3,(H,67,70)/b7-5-,13-11-,19-17-,25-23-,28-27-,31-30-. The minimum Gasteiger partial charge on any atom is -0.394 e. The molecule has 1 heterocycles. The van der Waals surface area contributed by atoms with Gasteiger partial charge in [-0.1, -0.05) is 286 Å². The molecule has 1 amide bonds. The van der Waals surface area contributed by atoms with Crippen molar-refractivity contribution in [1.82, 2.24) is 5.32 Å². The van der Waals surface area contributed by atoms with Crippen LogP contribution in [0.25, 0.3) is 0 Å². The van der Waals surface area contributed by atoms with E-state index in [0.29, 0.717) is 12.8 Å². The van der Waals surface area contributed by atoms with Crippen molar-refractivity contribution in [2.75, 3.05) is 13.2 Å². The molecule has 0 bridgehead atoms. The van der Waals surface area contributed by atoms with E-state index in [1.807, 2.05) is 0 Å². The Morgan fingerprint density at radius 3 is 1.23 bits per heavy atom. The van der Waals surface area contributed by atoms with Crippen LogP contribution in [0.15, 0.2) is 72.9 Å². The molecule has 0 spiro atoms. The van der Waals surface area contributed by atoms with Crippen molar-refractivity contribution in [2.24, 2.45) is 0 Å². The lowest BCUT2D eigenvalue weighted by Gasteiger charge is -2.40. The minimum absolute atomic E-state index is 0.140. The first-order chi connectivity index (χ1) is 36.8. The molecule has 9 nitrogen and oxygen atoms in total. The minimum atomic E-state index is -1.56. The van der Waals surface area contributed by atoms with Crippen LogP contribution in [0.2, 0.25) is 0 Å². The molecule has 0 radical (unpaired) electrons. The van der Waals surface area contributed by atoms with Crippen LogP contribution in [0.3, 0.4) is 0 Å². The monoisotopic (exact) mass is 1050 g/mol.